The number of nitrogens with zero attached hydrogens (tertiary/aromatic N) is 1. The number of carbonyl (C=O) groups excluding carboxylic acids is 1. The Labute approximate surface area is 162 Å². The minimum atomic E-state index is -0.00300. The SMILES string of the molecule is CC(C)CC(=O)Nc1ccc2oc(-c3cccc4c(Cl)cccc34)nc2c1. The number of anilines is 1. The number of nitrogens with one attached hydrogen (secondary N) is 1. The molecule has 0 atom stereocenters. The highest BCUT2D eigenvalue weighted by atomic mass is 35.5. The number of rotatable bonds is 4. The van der Waals surface area contributed by atoms with Crippen molar-refractivity contribution in [3.05, 3.63) is 59.6 Å². The number of carbonyl (C=O) groups is 1. The van der Waals surface area contributed by atoms with Gasteiger partial charge in [-0.15, -0.1) is 0 Å². The molecule has 0 spiro atoms. The van der Waals surface area contributed by atoms with Crippen LogP contribution in [0, 0.1) is 5.92 Å². The fourth-order valence-corrected chi connectivity index (χ4v) is 3.40. The van der Waals surface area contributed by atoms with E-state index in [1.807, 2.05) is 68.4 Å². The monoisotopic (exact) mass is 378 g/mol. The number of amides is 1. The van der Waals surface area contributed by atoms with E-state index in [1.54, 1.807) is 0 Å². The summed E-state index contributed by atoms with van der Waals surface area (Å²) in [5, 5.41) is 5.56. The third-order valence-corrected chi connectivity index (χ3v) is 4.69. The summed E-state index contributed by atoms with van der Waals surface area (Å²) in [6.07, 6.45) is 0.485. The van der Waals surface area contributed by atoms with Crippen molar-refractivity contribution >= 4 is 45.1 Å². The number of fused-ring (bicyclic) bond motifs is 2. The van der Waals surface area contributed by atoms with Crippen molar-refractivity contribution in [1.29, 1.82) is 0 Å². The van der Waals surface area contributed by atoms with Crippen molar-refractivity contribution in [1.82, 2.24) is 4.98 Å². The van der Waals surface area contributed by atoms with Crippen molar-refractivity contribution in [2.75, 3.05) is 5.32 Å². The van der Waals surface area contributed by atoms with E-state index >= 15 is 0 Å². The lowest BCUT2D eigenvalue weighted by Gasteiger charge is -2.06. The Bertz CT molecular complexity index is 1150. The van der Waals surface area contributed by atoms with Gasteiger partial charge in [-0.3, -0.25) is 4.79 Å². The summed E-state index contributed by atoms with van der Waals surface area (Å²) in [6, 6.07) is 17.2. The molecule has 4 rings (SSSR count). The smallest absolute Gasteiger partial charge is 0.227 e. The molecule has 0 radical (unpaired) electrons. The van der Waals surface area contributed by atoms with E-state index < -0.39 is 0 Å². The molecule has 0 aliphatic carbocycles. The van der Waals surface area contributed by atoms with Crippen LogP contribution in [0.1, 0.15) is 20.3 Å². The van der Waals surface area contributed by atoms with Gasteiger partial charge in [0.05, 0.1) is 0 Å². The fourth-order valence-electron chi connectivity index (χ4n) is 3.16. The van der Waals surface area contributed by atoms with Gasteiger partial charge >= 0.3 is 0 Å². The topological polar surface area (TPSA) is 55.1 Å². The highest BCUT2D eigenvalue weighted by Crippen LogP contribution is 2.33. The van der Waals surface area contributed by atoms with E-state index in [-0.39, 0.29) is 5.91 Å². The molecule has 0 saturated carbocycles. The molecule has 1 N–H and O–H groups in total. The van der Waals surface area contributed by atoms with Gasteiger partial charge in [0.25, 0.3) is 0 Å². The second kappa shape index (κ2) is 7.05. The molecule has 0 saturated heterocycles. The largest absolute Gasteiger partial charge is 0.436 e. The van der Waals surface area contributed by atoms with E-state index in [1.165, 1.54) is 0 Å². The molecule has 5 heteroatoms. The molecule has 0 bridgehead atoms. The van der Waals surface area contributed by atoms with Gasteiger partial charge in [-0.05, 0) is 41.6 Å². The maximum atomic E-state index is 12.0. The number of benzene rings is 3. The van der Waals surface area contributed by atoms with Crippen LogP contribution in [0.2, 0.25) is 5.02 Å². The van der Waals surface area contributed by atoms with Gasteiger partial charge in [0.2, 0.25) is 11.8 Å². The second-order valence-electron chi connectivity index (χ2n) is 6.99. The van der Waals surface area contributed by atoms with Gasteiger partial charge in [0.1, 0.15) is 5.52 Å². The van der Waals surface area contributed by atoms with Crippen LogP contribution in [0.4, 0.5) is 5.69 Å². The van der Waals surface area contributed by atoms with Crippen molar-refractivity contribution in [2.45, 2.75) is 20.3 Å². The Morgan fingerprint density at radius 2 is 1.89 bits per heavy atom. The lowest BCUT2D eigenvalue weighted by atomic mass is 10.0. The second-order valence-corrected chi connectivity index (χ2v) is 7.40. The number of aromatic nitrogens is 1. The van der Waals surface area contributed by atoms with Gasteiger partial charge in [-0.2, -0.15) is 0 Å². The van der Waals surface area contributed by atoms with Gasteiger partial charge in [-0.25, -0.2) is 4.98 Å². The summed E-state index contributed by atoms with van der Waals surface area (Å²) in [6.45, 7) is 4.03. The Balaban J connectivity index is 1.72. The van der Waals surface area contributed by atoms with Crippen molar-refractivity contribution in [3.63, 3.8) is 0 Å². The van der Waals surface area contributed by atoms with Gasteiger partial charge in [0.15, 0.2) is 5.58 Å². The lowest BCUT2D eigenvalue weighted by molar-refractivity contribution is -0.116. The third-order valence-electron chi connectivity index (χ3n) is 4.36. The molecule has 1 heterocycles. The molecule has 3 aromatic carbocycles. The summed E-state index contributed by atoms with van der Waals surface area (Å²) in [5.41, 5.74) is 2.97. The average Bonchev–Trinajstić information content (AvgIpc) is 3.04. The standard InChI is InChI=1S/C22H19ClN2O2/c1-13(2)11-21(26)24-14-9-10-20-19(12-14)25-22(27-20)17-7-3-6-16-15(17)5-4-8-18(16)23/h3-10,12-13H,11H2,1-2H3,(H,24,26). The van der Waals surface area contributed by atoms with Crippen LogP contribution in [0.5, 0.6) is 0 Å². The Morgan fingerprint density at radius 1 is 1.11 bits per heavy atom. The van der Waals surface area contributed by atoms with Crippen LogP contribution in [0.3, 0.4) is 0 Å². The molecule has 1 aromatic heterocycles. The first-order valence-corrected chi connectivity index (χ1v) is 9.27. The minimum absolute atomic E-state index is 0.00300. The quantitative estimate of drug-likeness (QED) is 0.454. The van der Waals surface area contributed by atoms with Crippen LogP contribution >= 0.6 is 11.6 Å². The molecule has 0 aliphatic heterocycles. The molecule has 0 aliphatic rings. The fraction of sp³-hybridized carbons (Fsp3) is 0.182. The number of hydrogen-bond donors (Lipinski definition) is 1. The normalized spacial score (nSPS) is 11.4. The van der Waals surface area contributed by atoms with E-state index in [0.29, 0.717) is 40.0 Å². The van der Waals surface area contributed by atoms with Gasteiger partial charge in [0, 0.05) is 28.1 Å². The van der Waals surface area contributed by atoms with Crippen LogP contribution in [0.25, 0.3) is 33.3 Å². The molecule has 4 nitrogen and oxygen atoms in total. The first-order chi connectivity index (χ1) is 13.0. The zero-order valence-corrected chi connectivity index (χ0v) is 15.9. The van der Waals surface area contributed by atoms with Crippen molar-refractivity contribution < 1.29 is 9.21 Å². The van der Waals surface area contributed by atoms with E-state index in [9.17, 15) is 4.79 Å². The minimum Gasteiger partial charge on any atom is -0.436 e. The Hall–Kier alpha value is -2.85. The first-order valence-electron chi connectivity index (χ1n) is 8.89. The molecule has 4 aromatic rings. The summed E-state index contributed by atoms with van der Waals surface area (Å²) in [7, 11) is 0. The number of hydrogen-bond acceptors (Lipinski definition) is 3. The first kappa shape index (κ1) is 17.6. The molecule has 1 amide bonds. The summed E-state index contributed by atoms with van der Waals surface area (Å²) < 4.78 is 5.96. The van der Waals surface area contributed by atoms with Crippen LogP contribution in [0.15, 0.2) is 59.0 Å². The molecule has 0 unspecified atom stereocenters. The average molecular weight is 379 g/mol. The Morgan fingerprint density at radius 3 is 2.70 bits per heavy atom. The molecular weight excluding hydrogens is 360 g/mol. The molecule has 136 valence electrons. The van der Waals surface area contributed by atoms with Gasteiger partial charge in [-0.1, -0.05) is 49.7 Å². The number of oxazole rings is 1. The maximum absolute atomic E-state index is 12.0. The molecular formula is C22H19ClN2O2. The predicted molar refractivity (Wildman–Crippen MR) is 110 cm³/mol. The Kier molecular flexibility index (Phi) is 4.58. The van der Waals surface area contributed by atoms with Crippen LogP contribution in [-0.2, 0) is 4.79 Å². The maximum Gasteiger partial charge on any atom is 0.227 e. The van der Waals surface area contributed by atoms with Crippen LogP contribution < -0.4 is 5.32 Å². The van der Waals surface area contributed by atoms with Crippen molar-refractivity contribution in [3.8, 4) is 11.5 Å². The third kappa shape index (κ3) is 3.53. The summed E-state index contributed by atoms with van der Waals surface area (Å²) in [4.78, 5) is 16.6. The zero-order chi connectivity index (χ0) is 19.0. The van der Waals surface area contributed by atoms with Gasteiger partial charge < -0.3 is 9.73 Å². The summed E-state index contributed by atoms with van der Waals surface area (Å²) in [5.74, 6) is 0.839. The molecule has 0 fully saturated rings. The summed E-state index contributed by atoms with van der Waals surface area (Å²) >= 11 is 6.31. The highest BCUT2D eigenvalue weighted by molar-refractivity contribution is 6.35. The molecule has 27 heavy (non-hydrogen) atoms. The van der Waals surface area contributed by atoms with E-state index in [0.717, 1.165) is 16.3 Å². The lowest BCUT2D eigenvalue weighted by Crippen LogP contribution is -2.13. The highest BCUT2D eigenvalue weighted by Gasteiger charge is 2.13. The zero-order valence-electron chi connectivity index (χ0n) is 15.1. The number of halogens is 1. The van der Waals surface area contributed by atoms with E-state index in [4.69, 9.17) is 16.0 Å². The van der Waals surface area contributed by atoms with Crippen molar-refractivity contribution in [2.24, 2.45) is 5.92 Å². The van der Waals surface area contributed by atoms with Crippen LogP contribution in [-0.4, -0.2) is 10.9 Å². The predicted octanol–water partition coefficient (Wildman–Crippen LogP) is 6.29. The van der Waals surface area contributed by atoms with E-state index in [2.05, 4.69) is 10.3 Å².